The second-order valence-electron chi connectivity index (χ2n) is 6.71. The number of benzene rings is 2. The number of amides is 1. The normalized spacial score (nSPS) is 16.0. The van der Waals surface area contributed by atoms with E-state index in [9.17, 15) is 13.2 Å². The largest absolute Gasteiger partial charge is 0.337 e. The van der Waals surface area contributed by atoms with Crippen molar-refractivity contribution in [3.05, 3.63) is 77.4 Å². The van der Waals surface area contributed by atoms with Crippen LogP contribution >= 0.6 is 0 Å². The van der Waals surface area contributed by atoms with E-state index in [1.807, 2.05) is 61.5 Å². The minimum atomic E-state index is -3.37. The Bertz CT molecular complexity index is 898. The Hall–Kier alpha value is -2.44. The summed E-state index contributed by atoms with van der Waals surface area (Å²) in [7, 11) is -3.37. The zero-order valence-electron chi connectivity index (χ0n) is 15.4. The van der Waals surface area contributed by atoms with Crippen LogP contribution in [0.2, 0.25) is 0 Å². The lowest BCUT2D eigenvalue weighted by atomic mass is 10.1. The quantitative estimate of drug-likeness (QED) is 0.745. The van der Waals surface area contributed by atoms with Crippen LogP contribution in [-0.2, 0) is 20.6 Å². The molecule has 1 saturated heterocycles. The van der Waals surface area contributed by atoms with Crippen molar-refractivity contribution in [2.24, 2.45) is 0 Å². The fraction of sp³-hybridized carbons (Fsp3) is 0.286. The van der Waals surface area contributed by atoms with Crippen molar-refractivity contribution >= 4 is 22.0 Å². The minimum absolute atomic E-state index is 0.00485. The zero-order valence-corrected chi connectivity index (χ0v) is 16.2. The second kappa shape index (κ2) is 8.50. The van der Waals surface area contributed by atoms with E-state index >= 15 is 0 Å². The fourth-order valence-electron chi connectivity index (χ4n) is 3.01. The molecule has 0 bridgehead atoms. The lowest BCUT2D eigenvalue weighted by Crippen LogP contribution is -2.50. The van der Waals surface area contributed by atoms with Crippen molar-refractivity contribution in [1.29, 1.82) is 0 Å². The molecule has 0 aliphatic carbocycles. The Morgan fingerprint density at radius 1 is 0.963 bits per heavy atom. The molecule has 0 unspecified atom stereocenters. The molecule has 0 N–H and O–H groups in total. The van der Waals surface area contributed by atoms with Gasteiger partial charge in [-0.25, -0.2) is 8.42 Å². The second-order valence-corrected chi connectivity index (χ2v) is 8.68. The first kappa shape index (κ1) is 19.3. The number of nitrogens with zero attached hydrogens (tertiary/aromatic N) is 2. The van der Waals surface area contributed by atoms with E-state index in [-0.39, 0.29) is 11.7 Å². The molecule has 0 aromatic heterocycles. The third kappa shape index (κ3) is 5.28. The Morgan fingerprint density at radius 2 is 1.59 bits per heavy atom. The van der Waals surface area contributed by atoms with Gasteiger partial charge in [0, 0.05) is 32.3 Å². The number of piperazine rings is 1. The summed E-state index contributed by atoms with van der Waals surface area (Å²) >= 11 is 0. The van der Waals surface area contributed by atoms with Gasteiger partial charge in [-0.1, -0.05) is 60.2 Å². The van der Waals surface area contributed by atoms with Crippen LogP contribution < -0.4 is 0 Å². The van der Waals surface area contributed by atoms with Crippen LogP contribution in [-0.4, -0.2) is 49.7 Å². The summed E-state index contributed by atoms with van der Waals surface area (Å²) in [5.41, 5.74) is 2.92. The number of aryl methyl sites for hydroxylation is 1. The SMILES string of the molecule is Cc1ccc(/C=C/C(=O)N2CCN(S(=O)(=O)Cc3ccccc3)CC2)cc1. The average molecular weight is 385 g/mol. The van der Waals surface area contributed by atoms with Crippen LogP contribution in [0.5, 0.6) is 0 Å². The molecule has 6 heteroatoms. The van der Waals surface area contributed by atoms with Crippen molar-refractivity contribution < 1.29 is 13.2 Å². The van der Waals surface area contributed by atoms with E-state index in [2.05, 4.69) is 0 Å². The summed E-state index contributed by atoms with van der Waals surface area (Å²) in [4.78, 5) is 14.1. The van der Waals surface area contributed by atoms with E-state index in [1.165, 1.54) is 9.87 Å². The highest BCUT2D eigenvalue weighted by Gasteiger charge is 2.28. The maximum absolute atomic E-state index is 12.6. The van der Waals surface area contributed by atoms with Gasteiger partial charge in [0.2, 0.25) is 15.9 Å². The summed E-state index contributed by atoms with van der Waals surface area (Å²) in [6, 6.07) is 17.1. The molecule has 2 aromatic rings. The number of carbonyl (C=O) groups is 1. The van der Waals surface area contributed by atoms with Gasteiger partial charge in [-0.15, -0.1) is 0 Å². The Morgan fingerprint density at radius 3 is 2.22 bits per heavy atom. The highest BCUT2D eigenvalue weighted by Crippen LogP contribution is 2.14. The van der Waals surface area contributed by atoms with Crippen molar-refractivity contribution in [2.75, 3.05) is 26.2 Å². The molecule has 1 aliphatic rings. The van der Waals surface area contributed by atoms with E-state index in [4.69, 9.17) is 0 Å². The van der Waals surface area contributed by atoms with Crippen LogP contribution in [0, 0.1) is 6.92 Å². The van der Waals surface area contributed by atoms with Crippen LogP contribution in [0.4, 0.5) is 0 Å². The summed E-state index contributed by atoms with van der Waals surface area (Å²) < 4.78 is 26.6. The summed E-state index contributed by atoms with van der Waals surface area (Å²) in [6.07, 6.45) is 3.35. The Labute approximate surface area is 161 Å². The van der Waals surface area contributed by atoms with Gasteiger partial charge in [-0.3, -0.25) is 4.79 Å². The Balaban J connectivity index is 1.55. The third-order valence-corrected chi connectivity index (χ3v) is 6.48. The van der Waals surface area contributed by atoms with Gasteiger partial charge >= 0.3 is 0 Å². The number of rotatable bonds is 5. The predicted molar refractivity (Wildman–Crippen MR) is 107 cm³/mol. The molecule has 27 heavy (non-hydrogen) atoms. The van der Waals surface area contributed by atoms with Gasteiger partial charge in [-0.05, 0) is 24.1 Å². The minimum Gasteiger partial charge on any atom is -0.337 e. The molecule has 0 radical (unpaired) electrons. The number of carbonyl (C=O) groups excluding carboxylic acids is 1. The highest BCUT2D eigenvalue weighted by molar-refractivity contribution is 7.88. The monoisotopic (exact) mass is 384 g/mol. The molecule has 5 nitrogen and oxygen atoms in total. The first-order chi connectivity index (χ1) is 12.9. The standard InChI is InChI=1S/C21H24N2O3S/c1-18-7-9-19(10-8-18)11-12-21(24)22-13-15-23(16-14-22)27(25,26)17-20-5-3-2-4-6-20/h2-12H,13-17H2,1H3/b12-11+. The molecular weight excluding hydrogens is 360 g/mol. The maximum atomic E-state index is 12.6. The fourth-order valence-corrected chi connectivity index (χ4v) is 4.53. The third-order valence-electron chi connectivity index (χ3n) is 4.63. The summed E-state index contributed by atoms with van der Waals surface area (Å²) in [5.74, 6) is -0.0922. The maximum Gasteiger partial charge on any atom is 0.246 e. The van der Waals surface area contributed by atoms with Gasteiger partial charge < -0.3 is 4.90 Å². The van der Waals surface area contributed by atoms with Crippen LogP contribution in [0.15, 0.2) is 60.7 Å². The van der Waals surface area contributed by atoms with E-state index < -0.39 is 10.0 Å². The number of sulfonamides is 1. The van der Waals surface area contributed by atoms with E-state index in [0.29, 0.717) is 26.2 Å². The highest BCUT2D eigenvalue weighted by atomic mass is 32.2. The molecule has 3 rings (SSSR count). The molecule has 142 valence electrons. The topological polar surface area (TPSA) is 57.7 Å². The lowest BCUT2D eigenvalue weighted by Gasteiger charge is -2.33. The van der Waals surface area contributed by atoms with Gasteiger partial charge in [-0.2, -0.15) is 4.31 Å². The molecule has 0 spiro atoms. The van der Waals surface area contributed by atoms with Crippen molar-refractivity contribution in [1.82, 2.24) is 9.21 Å². The van der Waals surface area contributed by atoms with E-state index in [1.54, 1.807) is 17.1 Å². The Kier molecular flexibility index (Phi) is 6.08. The smallest absolute Gasteiger partial charge is 0.246 e. The van der Waals surface area contributed by atoms with E-state index in [0.717, 1.165) is 11.1 Å². The number of hydrogen-bond donors (Lipinski definition) is 0. The predicted octanol–water partition coefficient (Wildman–Crippen LogP) is 2.68. The molecule has 0 saturated carbocycles. The van der Waals surface area contributed by atoms with Gasteiger partial charge in [0.15, 0.2) is 0 Å². The molecule has 1 heterocycles. The molecule has 1 fully saturated rings. The molecule has 2 aromatic carbocycles. The van der Waals surface area contributed by atoms with Crippen LogP contribution in [0.1, 0.15) is 16.7 Å². The van der Waals surface area contributed by atoms with Gasteiger partial charge in [0.05, 0.1) is 5.75 Å². The lowest BCUT2D eigenvalue weighted by molar-refractivity contribution is -0.127. The number of hydrogen-bond acceptors (Lipinski definition) is 3. The van der Waals surface area contributed by atoms with Crippen molar-refractivity contribution in [3.8, 4) is 0 Å². The first-order valence-corrected chi connectivity index (χ1v) is 10.6. The first-order valence-electron chi connectivity index (χ1n) is 8.99. The average Bonchev–Trinajstić information content (AvgIpc) is 2.68. The molecule has 1 aliphatic heterocycles. The summed E-state index contributed by atoms with van der Waals surface area (Å²) in [6.45, 7) is 3.50. The van der Waals surface area contributed by atoms with Gasteiger partial charge in [0.25, 0.3) is 0 Å². The van der Waals surface area contributed by atoms with Crippen LogP contribution in [0.25, 0.3) is 6.08 Å². The summed E-state index contributed by atoms with van der Waals surface area (Å²) in [5, 5.41) is 0. The van der Waals surface area contributed by atoms with Gasteiger partial charge in [0.1, 0.15) is 0 Å². The molecule has 1 amide bonds. The van der Waals surface area contributed by atoms with Crippen molar-refractivity contribution in [2.45, 2.75) is 12.7 Å². The molecular formula is C21H24N2O3S. The zero-order chi connectivity index (χ0) is 19.3. The molecule has 0 atom stereocenters. The van der Waals surface area contributed by atoms with Crippen molar-refractivity contribution in [3.63, 3.8) is 0 Å². The van der Waals surface area contributed by atoms with Crippen LogP contribution in [0.3, 0.4) is 0 Å².